The van der Waals surface area contributed by atoms with Crippen LogP contribution in [0.3, 0.4) is 0 Å². The fourth-order valence-corrected chi connectivity index (χ4v) is 3.04. The maximum Gasteiger partial charge on any atom is 0.314 e. The summed E-state index contributed by atoms with van der Waals surface area (Å²) in [4.78, 5) is 29.2. The zero-order chi connectivity index (χ0) is 15.4. The summed E-state index contributed by atoms with van der Waals surface area (Å²) in [5, 5.41) is 3.83. The summed E-state index contributed by atoms with van der Waals surface area (Å²) in [6, 6.07) is -0.455. The topological polar surface area (TPSA) is 93.2 Å². The zero-order valence-corrected chi connectivity index (χ0v) is 13.2. The molecule has 0 aromatic carbocycles. The molecule has 0 saturated carbocycles. The number of imidazole rings is 1. The Hall–Kier alpha value is -1.70. The Morgan fingerprint density at radius 2 is 2.33 bits per heavy atom. The molecular weight excluding hydrogens is 290 g/mol. The first kappa shape index (κ1) is 15.7. The number of urea groups is 1. The van der Waals surface area contributed by atoms with Crippen molar-refractivity contribution in [3.63, 3.8) is 0 Å². The first-order valence-electron chi connectivity index (χ1n) is 6.89. The van der Waals surface area contributed by atoms with Crippen molar-refractivity contribution in [2.24, 2.45) is 18.7 Å². The van der Waals surface area contributed by atoms with E-state index in [0.29, 0.717) is 19.6 Å². The number of nitrogens with zero attached hydrogens (tertiary/aromatic N) is 3. The van der Waals surface area contributed by atoms with Crippen molar-refractivity contribution in [3.8, 4) is 0 Å². The van der Waals surface area contributed by atoms with Crippen LogP contribution < -0.4 is 11.1 Å². The van der Waals surface area contributed by atoms with Gasteiger partial charge in [-0.15, -0.1) is 0 Å². The minimum atomic E-state index is -0.455. The van der Waals surface area contributed by atoms with Crippen molar-refractivity contribution < 1.29 is 9.59 Å². The standard InChI is InChI=1S/C13H21N5O2S/c1-17-10(7-16-13(17)21-2)6-15-11(19)9-4-3-5-18(8-9)12(14)20/h7,9H,3-6,8H2,1-2H3,(H2,14,20)(H,15,19)/t9-/m1/s1. The summed E-state index contributed by atoms with van der Waals surface area (Å²) in [5.41, 5.74) is 6.23. The number of likely N-dealkylation sites (tertiary alicyclic amines) is 1. The minimum Gasteiger partial charge on any atom is -0.351 e. The molecule has 1 aromatic rings. The molecule has 7 nitrogen and oxygen atoms in total. The zero-order valence-electron chi connectivity index (χ0n) is 12.3. The van der Waals surface area contributed by atoms with E-state index in [4.69, 9.17) is 5.73 Å². The maximum absolute atomic E-state index is 12.2. The van der Waals surface area contributed by atoms with Gasteiger partial charge in [-0.1, -0.05) is 11.8 Å². The molecular formula is C13H21N5O2S. The van der Waals surface area contributed by atoms with Crippen molar-refractivity contribution in [1.82, 2.24) is 19.8 Å². The number of aromatic nitrogens is 2. The lowest BCUT2D eigenvalue weighted by molar-refractivity contribution is -0.126. The Balaban J connectivity index is 1.89. The second-order valence-corrected chi connectivity index (χ2v) is 5.91. The molecule has 3 N–H and O–H groups in total. The fraction of sp³-hybridized carbons (Fsp3) is 0.615. The highest BCUT2D eigenvalue weighted by atomic mass is 32.2. The summed E-state index contributed by atoms with van der Waals surface area (Å²) >= 11 is 1.56. The van der Waals surface area contributed by atoms with Gasteiger partial charge in [0, 0.05) is 20.1 Å². The van der Waals surface area contributed by atoms with Crippen molar-refractivity contribution in [2.75, 3.05) is 19.3 Å². The number of carbonyl (C=O) groups excluding carboxylic acids is 2. The number of hydrogen-bond acceptors (Lipinski definition) is 4. The molecule has 1 fully saturated rings. The average molecular weight is 311 g/mol. The molecule has 1 aliphatic heterocycles. The molecule has 0 bridgehead atoms. The summed E-state index contributed by atoms with van der Waals surface area (Å²) in [5.74, 6) is -0.215. The molecule has 1 atom stereocenters. The third kappa shape index (κ3) is 3.69. The van der Waals surface area contributed by atoms with E-state index in [1.54, 1.807) is 18.0 Å². The lowest BCUT2D eigenvalue weighted by Gasteiger charge is -2.30. The molecule has 2 heterocycles. The third-order valence-electron chi connectivity index (χ3n) is 3.77. The molecule has 1 aliphatic rings. The molecule has 116 valence electrons. The van der Waals surface area contributed by atoms with Gasteiger partial charge < -0.3 is 20.5 Å². The number of nitrogens with one attached hydrogen (secondary N) is 1. The molecule has 2 rings (SSSR count). The van der Waals surface area contributed by atoms with Crippen molar-refractivity contribution in [2.45, 2.75) is 24.5 Å². The van der Waals surface area contributed by atoms with Gasteiger partial charge in [0.15, 0.2) is 5.16 Å². The number of rotatable bonds is 4. The second-order valence-electron chi connectivity index (χ2n) is 5.14. The van der Waals surface area contributed by atoms with Crippen LogP contribution in [0.25, 0.3) is 0 Å². The van der Waals surface area contributed by atoms with Crippen molar-refractivity contribution in [3.05, 3.63) is 11.9 Å². The van der Waals surface area contributed by atoms with Gasteiger partial charge in [0.25, 0.3) is 0 Å². The Bertz CT molecular complexity index is 531. The maximum atomic E-state index is 12.2. The number of thioether (sulfide) groups is 1. The molecule has 0 radical (unpaired) electrons. The Labute approximate surface area is 128 Å². The molecule has 1 aromatic heterocycles. The Kier molecular flexibility index (Phi) is 5.11. The number of amides is 3. The smallest absolute Gasteiger partial charge is 0.314 e. The van der Waals surface area contributed by atoms with E-state index in [-0.39, 0.29) is 11.8 Å². The van der Waals surface area contributed by atoms with E-state index in [0.717, 1.165) is 23.7 Å². The Morgan fingerprint density at radius 3 is 2.95 bits per heavy atom. The van der Waals surface area contributed by atoms with Crippen LogP contribution in [0.4, 0.5) is 4.79 Å². The third-order valence-corrected chi connectivity index (χ3v) is 4.52. The summed E-state index contributed by atoms with van der Waals surface area (Å²) in [6.45, 7) is 1.48. The first-order chi connectivity index (χ1) is 10.0. The number of piperidine rings is 1. The van der Waals surface area contributed by atoms with Gasteiger partial charge in [0.1, 0.15) is 0 Å². The SMILES string of the molecule is CSc1ncc(CNC(=O)[C@@H]2CCCN(C(N)=O)C2)n1C. The number of primary amides is 1. The Morgan fingerprint density at radius 1 is 1.57 bits per heavy atom. The number of hydrogen-bond donors (Lipinski definition) is 2. The van der Waals surface area contributed by atoms with E-state index in [9.17, 15) is 9.59 Å². The lowest BCUT2D eigenvalue weighted by Crippen LogP contribution is -2.47. The van der Waals surface area contributed by atoms with Gasteiger partial charge in [0.05, 0.1) is 24.4 Å². The predicted molar refractivity (Wildman–Crippen MR) is 80.7 cm³/mol. The van der Waals surface area contributed by atoms with Crippen LogP contribution in [0.15, 0.2) is 11.4 Å². The van der Waals surface area contributed by atoms with Crippen LogP contribution in [-0.4, -0.2) is 45.7 Å². The van der Waals surface area contributed by atoms with Gasteiger partial charge in [-0.3, -0.25) is 4.79 Å². The summed E-state index contributed by atoms with van der Waals surface area (Å²) in [6.07, 6.45) is 5.33. The highest BCUT2D eigenvalue weighted by Crippen LogP contribution is 2.17. The van der Waals surface area contributed by atoms with Crippen LogP contribution in [0.2, 0.25) is 0 Å². The first-order valence-corrected chi connectivity index (χ1v) is 8.12. The van der Waals surface area contributed by atoms with Gasteiger partial charge >= 0.3 is 6.03 Å². The molecule has 3 amide bonds. The van der Waals surface area contributed by atoms with E-state index in [2.05, 4.69) is 10.3 Å². The van der Waals surface area contributed by atoms with Crippen LogP contribution in [0.5, 0.6) is 0 Å². The molecule has 0 unspecified atom stereocenters. The van der Waals surface area contributed by atoms with E-state index >= 15 is 0 Å². The molecule has 0 spiro atoms. The normalized spacial score (nSPS) is 18.6. The summed E-state index contributed by atoms with van der Waals surface area (Å²) < 4.78 is 1.96. The van der Waals surface area contributed by atoms with E-state index in [1.807, 2.05) is 17.9 Å². The van der Waals surface area contributed by atoms with Crippen LogP contribution >= 0.6 is 11.8 Å². The van der Waals surface area contributed by atoms with E-state index < -0.39 is 6.03 Å². The fourth-order valence-electron chi connectivity index (χ4n) is 2.49. The van der Waals surface area contributed by atoms with Gasteiger partial charge in [-0.05, 0) is 19.1 Å². The van der Waals surface area contributed by atoms with Gasteiger partial charge in [-0.2, -0.15) is 0 Å². The van der Waals surface area contributed by atoms with Gasteiger partial charge in [0.2, 0.25) is 5.91 Å². The lowest BCUT2D eigenvalue weighted by atomic mass is 9.97. The molecule has 21 heavy (non-hydrogen) atoms. The number of carbonyl (C=O) groups is 2. The van der Waals surface area contributed by atoms with Gasteiger partial charge in [-0.25, -0.2) is 9.78 Å². The molecule has 8 heteroatoms. The molecule has 1 saturated heterocycles. The van der Waals surface area contributed by atoms with Crippen LogP contribution in [0, 0.1) is 5.92 Å². The summed E-state index contributed by atoms with van der Waals surface area (Å²) in [7, 11) is 1.93. The van der Waals surface area contributed by atoms with E-state index in [1.165, 1.54) is 4.90 Å². The average Bonchev–Trinajstić information content (AvgIpc) is 2.85. The largest absolute Gasteiger partial charge is 0.351 e. The predicted octanol–water partition coefficient (Wildman–Crippen LogP) is 0.549. The van der Waals surface area contributed by atoms with Crippen LogP contribution in [-0.2, 0) is 18.4 Å². The van der Waals surface area contributed by atoms with Crippen LogP contribution in [0.1, 0.15) is 18.5 Å². The quantitative estimate of drug-likeness (QED) is 0.794. The van der Waals surface area contributed by atoms with Crippen molar-refractivity contribution >= 4 is 23.7 Å². The van der Waals surface area contributed by atoms with Crippen molar-refractivity contribution in [1.29, 1.82) is 0 Å². The molecule has 0 aliphatic carbocycles. The minimum absolute atomic E-state index is 0.0344. The second kappa shape index (κ2) is 6.84. The monoisotopic (exact) mass is 311 g/mol. The number of nitrogens with two attached hydrogens (primary N) is 1. The highest BCUT2D eigenvalue weighted by molar-refractivity contribution is 7.98. The highest BCUT2D eigenvalue weighted by Gasteiger charge is 2.27.